The van der Waals surface area contributed by atoms with Crippen LogP contribution in [0, 0.1) is 34.5 Å². The van der Waals surface area contributed by atoms with Gasteiger partial charge in [-0.3, -0.25) is 9.59 Å². The van der Waals surface area contributed by atoms with E-state index in [4.69, 9.17) is 4.74 Å². The van der Waals surface area contributed by atoms with Crippen molar-refractivity contribution in [2.24, 2.45) is 34.5 Å². The van der Waals surface area contributed by atoms with Gasteiger partial charge in [-0.25, -0.2) is 0 Å². The van der Waals surface area contributed by atoms with Crippen molar-refractivity contribution in [3.63, 3.8) is 0 Å². The molecule has 1 heterocycles. The maximum atomic E-state index is 12.8. The molecule has 5 fully saturated rings. The first-order valence-electron chi connectivity index (χ1n) is 9.30. The molecule has 0 radical (unpaired) electrons. The summed E-state index contributed by atoms with van der Waals surface area (Å²) in [5.41, 5.74) is -2.63. The Morgan fingerprint density at radius 2 is 1.92 bits per heavy atom. The Balaban J connectivity index is 1.80. The number of carboxylic acids is 1. The van der Waals surface area contributed by atoms with Crippen LogP contribution in [0.15, 0.2) is 12.2 Å². The molecule has 4 bridgehead atoms. The number of aliphatic hydroxyl groups excluding tert-OH is 3. The molecule has 0 unspecified atom stereocenters. The fourth-order valence-electron chi connectivity index (χ4n) is 7.69. The lowest BCUT2D eigenvalue weighted by Crippen LogP contribution is -2.67. The second-order valence-corrected chi connectivity index (χ2v) is 9.30. The SMILES string of the molecule is C=C1C[C@@]23C[C@H]1CC[C@@H]2[C@@]12OC(=O)[C@@](C)([C@H](O)[C@H](O)[C@@H]1O)[C@H]2[C@@H]3C(=O)O. The molecule has 142 valence electrons. The van der Waals surface area contributed by atoms with Crippen molar-refractivity contribution in [1.29, 1.82) is 0 Å². The number of rotatable bonds is 1. The van der Waals surface area contributed by atoms with Gasteiger partial charge in [0.1, 0.15) is 23.2 Å². The number of carbonyl (C=O) groups is 2. The molecule has 7 heteroatoms. The average Bonchev–Trinajstić information content (AvgIpc) is 3.07. The molecule has 1 saturated heterocycles. The summed E-state index contributed by atoms with van der Waals surface area (Å²) < 4.78 is 5.78. The number of fused-ring (bicyclic) bond motifs is 1. The molecule has 0 aromatic heterocycles. The van der Waals surface area contributed by atoms with Crippen molar-refractivity contribution in [3.05, 3.63) is 12.2 Å². The van der Waals surface area contributed by atoms with Crippen LogP contribution in [0.2, 0.25) is 0 Å². The maximum absolute atomic E-state index is 12.8. The molecule has 10 atom stereocenters. The molecule has 4 saturated carbocycles. The predicted molar refractivity (Wildman–Crippen MR) is 86.6 cm³/mol. The van der Waals surface area contributed by atoms with E-state index in [0.29, 0.717) is 19.3 Å². The Bertz CT molecular complexity index is 748. The number of esters is 1. The van der Waals surface area contributed by atoms with Crippen LogP contribution in [-0.2, 0) is 14.3 Å². The highest BCUT2D eigenvalue weighted by atomic mass is 16.6. The standard InChI is InChI=1S/C19H24O7/c1-7-5-18-6-8(7)3-4-9(18)19-12(10(18)15(23)24)17(2,16(25)26-19)13(21)11(20)14(19)22/h8-14,20-22H,1,3-6H2,2H3,(H,23,24)/t8-,9+,10-,11+,12-,13-,14+,17-,18-,19+/m1/s1. The molecular formula is C19H24O7. The van der Waals surface area contributed by atoms with Gasteiger partial charge in [0, 0.05) is 11.8 Å². The summed E-state index contributed by atoms with van der Waals surface area (Å²) in [4.78, 5) is 25.2. The minimum Gasteiger partial charge on any atom is -0.481 e. The van der Waals surface area contributed by atoms with Gasteiger partial charge in [-0.1, -0.05) is 12.2 Å². The molecule has 1 aliphatic heterocycles. The first-order valence-corrected chi connectivity index (χ1v) is 9.30. The minimum absolute atomic E-state index is 0.249. The van der Waals surface area contributed by atoms with Gasteiger partial charge in [0.05, 0.1) is 12.0 Å². The van der Waals surface area contributed by atoms with Crippen molar-refractivity contribution >= 4 is 11.9 Å². The van der Waals surface area contributed by atoms with Gasteiger partial charge in [0.25, 0.3) is 0 Å². The molecule has 4 aliphatic carbocycles. The Hall–Kier alpha value is -1.44. The van der Waals surface area contributed by atoms with Crippen LogP contribution in [0.1, 0.15) is 32.6 Å². The predicted octanol–water partition coefficient (Wildman–Crippen LogP) is 0.0778. The van der Waals surface area contributed by atoms with Gasteiger partial charge in [-0.05, 0) is 43.9 Å². The van der Waals surface area contributed by atoms with Crippen LogP contribution in [-0.4, -0.2) is 56.3 Å². The first kappa shape index (κ1) is 16.7. The zero-order valence-corrected chi connectivity index (χ0v) is 14.6. The monoisotopic (exact) mass is 364 g/mol. The summed E-state index contributed by atoms with van der Waals surface area (Å²) in [7, 11) is 0. The number of hydrogen-bond donors (Lipinski definition) is 4. The van der Waals surface area contributed by atoms with Crippen molar-refractivity contribution < 1.29 is 34.8 Å². The number of carboxylic acid groups (broad SMARTS) is 1. The highest BCUT2D eigenvalue weighted by Crippen LogP contribution is 2.77. The zero-order valence-electron chi connectivity index (χ0n) is 14.6. The van der Waals surface area contributed by atoms with E-state index in [0.717, 1.165) is 12.0 Å². The van der Waals surface area contributed by atoms with Gasteiger partial charge < -0.3 is 25.2 Å². The van der Waals surface area contributed by atoms with E-state index in [-0.39, 0.29) is 11.8 Å². The third-order valence-corrected chi connectivity index (χ3v) is 8.59. The number of aliphatic hydroxyl groups is 3. The molecule has 0 aromatic carbocycles. The first-order chi connectivity index (χ1) is 12.1. The fraction of sp³-hybridized carbons (Fsp3) is 0.789. The molecule has 0 amide bonds. The Labute approximate surface area is 150 Å². The number of allylic oxidation sites excluding steroid dienone is 1. The maximum Gasteiger partial charge on any atom is 0.315 e. The largest absolute Gasteiger partial charge is 0.481 e. The average molecular weight is 364 g/mol. The van der Waals surface area contributed by atoms with E-state index in [9.17, 15) is 30.0 Å². The lowest BCUT2D eigenvalue weighted by atomic mass is 9.57. The smallest absolute Gasteiger partial charge is 0.315 e. The van der Waals surface area contributed by atoms with E-state index in [1.54, 1.807) is 0 Å². The molecule has 4 N–H and O–H groups in total. The Morgan fingerprint density at radius 3 is 2.58 bits per heavy atom. The summed E-state index contributed by atoms with van der Waals surface area (Å²) in [5, 5.41) is 42.2. The number of aliphatic carboxylic acids is 1. The fourth-order valence-corrected chi connectivity index (χ4v) is 7.69. The van der Waals surface area contributed by atoms with Crippen LogP contribution in [0.5, 0.6) is 0 Å². The lowest BCUT2D eigenvalue weighted by molar-refractivity contribution is -0.216. The third-order valence-electron chi connectivity index (χ3n) is 8.59. The zero-order chi connectivity index (χ0) is 18.8. The van der Waals surface area contributed by atoms with Crippen molar-refractivity contribution in [3.8, 4) is 0 Å². The summed E-state index contributed by atoms with van der Waals surface area (Å²) in [6, 6.07) is 0. The van der Waals surface area contributed by atoms with Gasteiger partial charge in [0.15, 0.2) is 0 Å². The molecule has 1 spiro atoms. The van der Waals surface area contributed by atoms with E-state index in [1.165, 1.54) is 6.92 Å². The van der Waals surface area contributed by atoms with Gasteiger partial charge in [0.2, 0.25) is 0 Å². The van der Waals surface area contributed by atoms with Crippen LogP contribution in [0.25, 0.3) is 0 Å². The van der Waals surface area contributed by atoms with E-state index in [2.05, 4.69) is 6.58 Å². The molecule has 5 aliphatic rings. The molecule has 26 heavy (non-hydrogen) atoms. The quantitative estimate of drug-likeness (QED) is 0.384. The Morgan fingerprint density at radius 1 is 1.23 bits per heavy atom. The molecule has 5 rings (SSSR count). The van der Waals surface area contributed by atoms with Crippen LogP contribution < -0.4 is 0 Å². The molecule has 0 aromatic rings. The van der Waals surface area contributed by atoms with E-state index >= 15 is 0 Å². The minimum atomic E-state index is -1.57. The summed E-state index contributed by atoms with van der Waals surface area (Å²) in [5.74, 6) is -3.66. The summed E-state index contributed by atoms with van der Waals surface area (Å²) in [6.45, 7) is 5.62. The van der Waals surface area contributed by atoms with Crippen molar-refractivity contribution in [2.75, 3.05) is 0 Å². The van der Waals surface area contributed by atoms with Gasteiger partial charge in [-0.2, -0.15) is 0 Å². The molecular weight excluding hydrogens is 340 g/mol. The number of carbonyl (C=O) groups excluding carboxylic acids is 1. The second-order valence-electron chi connectivity index (χ2n) is 9.30. The third kappa shape index (κ3) is 1.40. The highest BCUT2D eigenvalue weighted by Gasteiger charge is 2.86. The normalized spacial score (nSPS) is 59.8. The van der Waals surface area contributed by atoms with E-state index < -0.39 is 58.5 Å². The number of hydrogen-bond acceptors (Lipinski definition) is 6. The topological polar surface area (TPSA) is 124 Å². The highest BCUT2D eigenvalue weighted by molar-refractivity contribution is 5.86. The summed E-state index contributed by atoms with van der Waals surface area (Å²) in [6.07, 6.45) is -2.00. The molecule has 7 nitrogen and oxygen atoms in total. The Kier molecular flexibility index (Phi) is 2.90. The lowest BCUT2D eigenvalue weighted by Gasteiger charge is -2.49. The van der Waals surface area contributed by atoms with Crippen molar-refractivity contribution in [2.45, 2.75) is 56.5 Å². The second kappa shape index (κ2) is 4.51. The van der Waals surface area contributed by atoms with Gasteiger partial charge >= 0.3 is 11.9 Å². The van der Waals surface area contributed by atoms with Crippen molar-refractivity contribution in [1.82, 2.24) is 0 Å². The van der Waals surface area contributed by atoms with Crippen LogP contribution in [0.3, 0.4) is 0 Å². The van der Waals surface area contributed by atoms with Crippen LogP contribution >= 0.6 is 0 Å². The summed E-state index contributed by atoms with van der Waals surface area (Å²) >= 11 is 0. The number of ether oxygens (including phenoxy) is 1. The van der Waals surface area contributed by atoms with Crippen LogP contribution in [0.4, 0.5) is 0 Å². The van der Waals surface area contributed by atoms with E-state index in [1.807, 2.05) is 0 Å². The van der Waals surface area contributed by atoms with Gasteiger partial charge in [-0.15, -0.1) is 0 Å².